The number of nitrogens with zero attached hydrogens (tertiary/aromatic N) is 1. The Morgan fingerprint density at radius 1 is 1.22 bits per heavy atom. The van der Waals surface area contributed by atoms with Gasteiger partial charge in [-0.1, -0.05) is 22.0 Å². The van der Waals surface area contributed by atoms with Gasteiger partial charge in [0.1, 0.15) is 11.6 Å². The van der Waals surface area contributed by atoms with Gasteiger partial charge in [0.25, 0.3) is 0 Å². The van der Waals surface area contributed by atoms with Gasteiger partial charge in [-0.05, 0) is 42.8 Å². The summed E-state index contributed by atoms with van der Waals surface area (Å²) in [5.74, 6) is -0.268. The lowest BCUT2D eigenvalue weighted by Crippen LogP contribution is -1.84. The van der Waals surface area contributed by atoms with Gasteiger partial charge in [-0.3, -0.25) is 4.99 Å². The molecule has 0 amide bonds. The maximum Gasteiger partial charge on any atom is 0.149 e. The minimum absolute atomic E-state index is 0.106. The molecule has 18 heavy (non-hydrogen) atoms. The Labute approximate surface area is 113 Å². The highest BCUT2D eigenvalue weighted by atomic mass is 79.9. The van der Waals surface area contributed by atoms with E-state index in [-0.39, 0.29) is 17.3 Å². The summed E-state index contributed by atoms with van der Waals surface area (Å²) in [5, 5.41) is 9.62. The first-order valence-corrected chi connectivity index (χ1v) is 6.14. The fourth-order valence-electron chi connectivity index (χ4n) is 1.48. The van der Waals surface area contributed by atoms with Crippen LogP contribution < -0.4 is 0 Å². The van der Waals surface area contributed by atoms with E-state index >= 15 is 0 Å². The SMILES string of the molecule is Cc1ccc(N=Cc2cc(Br)ccc2O)c(F)c1. The molecule has 4 heteroatoms. The smallest absolute Gasteiger partial charge is 0.149 e. The van der Waals surface area contributed by atoms with Gasteiger partial charge in [0.2, 0.25) is 0 Å². The summed E-state index contributed by atoms with van der Waals surface area (Å²) in [7, 11) is 0. The van der Waals surface area contributed by atoms with Crippen molar-refractivity contribution in [3.63, 3.8) is 0 Å². The lowest BCUT2D eigenvalue weighted by Gasteiger charge is -2.00. The lowest BCUT2D eigenvalue weighted by molar-refractivity contribution is 0.474. The largest absolute Gasteiger partial charge is 0.507 e. The molecular formula is C14H11BrFNO. The molecule has 0 heterocycles. The first-order chi connectivity index (χ1) is 8.56. The van der Waals surface area contributed by atoms with E-state index in [9.17, 15) is 9.50 Å². The van der Waals surface area contributed by atoms with E-state index in [0.29, 0.717) is 5.56 Å². The van der Waals surface area contributed by atoms with Gasteiger partial charge in [-0.2, -0.15) is 0 Å². The third-order valence-corrected chi connectivity index (χ3v) is 2.93. The topological polar surface area (TPSA) is 32.6 Å². The van der Waals surface area contributed by atoms with E-state index in [4.69, 9.17) is 0 Å². The zero-order valence-electron chi connectivity index (χ0n) is 9.69. The number of aryl methyl sites for hydroxylation is 1. The molecule has 1 N–H and O–H groups in total. The first-order valence-electron chi connectivity index (χ1n) is 5.35. The number of hydrogen-bond acceptors (Lipinski definition) is 2. The Kier molecular flexibility index (Phi) is 3.77. The van der Waals surface area contributed by atoms with E-state index in [1.807, 2.05) is 6.92 Å². The van der Waals surface area contributed by atoms with E-state index in [0.717, 1.165) is 10.0 Å². The van der Waals surface area contributed by atoms with Crippen LogP contribution in [0.2, 0.25) is 0 Å². The van der Waals surface area contributed by atoms with Crippen LogP contribution in [-0.2, 0) is 0 Å². The van der Waals surface area contributed by atoms with Crippen LogP contribution in [0.1, 0.15) is 11.1 Å². The molecule has 2 aromatic carbocycles. The van der Waals surface area contributed by atoms with E-state index in [1.165, 1.54) is 12.3 Å². The van der Waals surface area contributed by atoms with Crippen molar-refractivity contribution >= 4 is 27.8 Å². The third kappa shape index (κ3) is 2.96. The predicted octanol–water partition coefficient (Wildman–Crippen LogP) is 4.35. The van der Waals surface area contributed by atoms with Crippen LogP contribution in [0.5, 0.6) is 5.75 Å². The molecule has 0 fully saturated rings. The molecule has 0 radical (unpaired) electrons. The Hall–Kier alpha value is -1.68. The summed E-state index contributed by atoms with van der Waals surface area (Å²) in [6.07, 6.45) is 1.44. The molecule has 0 spiro atoms. The Balaban J connectivity index is 2.32. The van der Waals surface area contributed by atoms with Crippen molar-refractivity contribution in [2.24, 2.45) is 4.99 Å². The summed E-state index contributed by atoms with van der Waals surface area (Å²) in [6, 6.07) is 9.81. The number of phenols is 1. The van der Waals surface area contributed by atoms with Crippen molar-refractivity contribution in [3.8, 4) is 5.75 Å². The van der Waals surface area contributed by atoms with Crippen LogP contribution in [0, 0.1) is 12.7 Å². The average Bonchev–Trinajstić information content (AvgIpc) is 2.32. The maximum absolute atomic E-state index is 13.5. The molecule has 0 saturated heterocycles. The van der Waals surface area contributed by atoms with Crippen molar-refractivity contribution in [1.82, 2.24) is 0 Å². The second-order valence-electron chi connectivity index (χ2n) is 3.92. The summed E-state index contributed by atoms with van der Waals surface area (Å²) in [5.41, 5.74) is 1.63. The minimum Gasteiger partial charge on any atom is -0.507 e. The number of phenolic OH excluding ortho intramolecular Hbond substituents is 1. The molecule has 0 bridgehead atoms. The average molecular weight is 308 g/mol. The number of aliphatic imine (C=N–C) groups is 1. The normalized spacial score (nSPS) is 11.1. The standard InChI is InChI=1S/C14H11BrFNO/c1-9-2-4-13(12(16)6-9)17-8-10-7-11(15)3-5-14(10)18/h2-8,18H,1H3. The van der Waals surface area contributed by atoms with Crippen molar-refractivity contribution in [1.29, 1.82) is 0 Å². The molecule has 2 nitrogen and oxygen atoms in total. The number of halogens is 2. The Morgan fingerprint density at radius 2 is 2.00 bits per heavy atom. The van der Waals surface area contributed by atoms with E-state index < -0.39 is 0 Å². The zero-order valence-corrected chi connectivity index (χ0v) is 11.3. The van der Waals surface area contributed by atoms with Gasteiger partial charge < -0.3 is 5.11 Å². The van der Waals surface area contributed by atoms with Crippen LogP contribution >= 0.6 is 15.9 Å². The Morgan fingerprint density at radius 3 is 2.72 bits per heavy atom. The van der Waals surface area contributed by atoms with Crippen LogP contribution in [0.25, 0.3) is 0 Å². The fourth-order valence-corrected chi connectivity index (χ4v) is 1.86. The molecule has 0 aliphatic carbocycles. The summed E-state index contributed by atoms with van der Waals surface area (Å²) in [4.78, 5) is 4.04. The van der Waals surface area contributed by atoms with Gasteiger partial charge in [0, 0.05) is 16.3 Å². The van der Waals surface area contributed by atoms with Crippen LogP contribution in [-0.4, -0.2) is 11.3 Å². The third-order valence-electron chi connectivity index (χ3n) is 2.44. The molecule has 2 aromatic rings. The Bertz CT molecular complexity index is 611. The lowest BCUT2D eigenvalue weighted by atomic mass is 10.2. The van der Waals surface area contributed by atoms with Crippen molar-refractivity contribution in [2.75, 3.05) is 0 Å². The molecule has 0 unspecified atom stereocenters. The van der Waals surface area contributed by atoms with Crippen LogP contribution in [0.15, 0.2) is 45.9 Å². The molecule has 0 aliphatic heterocycles. The molecule has 0 aliphatic rings. The highest BCUT2D eigenvalue weighted by Gasteiger charge is 2.01. The van der Waals surface area contributed by atoms with Gasteiger partial charge in [-0.15, -0.1) is 0 Å². The number of rotatable bonds is 2. The van der Waals surface area contributed by atoms with Crippen molar-refractivity contribution in [2.45, 2.75) is 6.92 Å². The summed E-state index contributed by atoms with van der Waals surface area (Å²) >= 11 is 3.30. The zero-order chi connectivity index (χ0) is 13.1. The fraction of sp³-hybridized carbons (Fsp3) is 0.0714. The number of aromatic hydroxyl groups is 1. The number of hydrogen-bond donors (Lipinski definition) is 1. The molecular weight excluding hydrogens is 297 g/mol. The van der Waals surface area contributed by atoms with Gasteiger partial charge in [-0.25, -0.2) is 4.39 Å². The summed E-state index contributed by atoms with van der Waals surface area (Å²) < 4.78 is 14.4. The molecule has 2 rings (SSSR count). The van der Waals surface area contributed by atoms with Gasteiger partial charge >= 0.3 is 0 Å². The molecule has 92 valence electrons. The summed E-state index contributed by atoms with van der Waals surface area (Å²) in [6.45, 7) is 1.82. The van der Waals surface area contributed by atoms with Crippen molar-refractivity contribution < 1.29 is 9.50 Å². The van der Waals surface area contributed by atoms with E-state index in [1.54, 1.807) is 30.3 Å². The molecule has 0 saturated carbocycles. The minimum atomic E-state index is -0.374. The van der Waals surface area contributed by atoms with Gasteiger partial charge in [0.15, 0.2) is 0 Å². The first kappa shape index (κ1) is 12.8. The van der Waals surface area contributed by atoms with E-state index in [2.05, 4.69) is 20.9 Å². The van der Waals surface area contributed by atoms with Crippen molar-refractivity contribution in [3.05, 3.63) is 57.8 Å². The quantitative estimate of drug-likeness (QED) is 0.822. The monoisotopic (exact) mass is 307 g/mol. The molecule has 0 aromatic heterocycles. The highest BCUT2D eigenvalue weighted by molar-refractivity contribution is 9.10. The second-order valence-corrected chi connectivity index (χ2v) is 4.83. The predicted molar refractivity (Wildman–Crippen MR) is 74.2 cm³/mol. The highest BCUT2D eigenvalue weighted by Crippen LogP contribution is 2.22. The number of benzene rings is 2. The van der Waals surface area contributed by atoms with Crippen LogP contribution in [0.4, 0.5) is 10.1 Å². The van der Waals surface area contributed by atoms with Crippen LogP contribution in [0.3, 0.4) is 0 Å². The second kappa shape index (κ2) is 5.31. The molecule has 0 atom stereocenters. The van der Waals surface area contributed by atoms with Gasteiger partial charge in [0.05, 0.1) is 5.69 Å². The maximum atomic E-state index is 13.5.